The average molecular weight is 227 g/mol. The fraction of sp³-hybridized carbons (Fsp3) is 0.556. The molecule has 0 atom stereocenters. The van der Waals surface area contributed by atoms with Crippen LogP contribution in [-0.4, -0.2) is 40.4 Å². The summed E-state index contributed by atoms with van der Waals surface area (Å²) < 4.78 is 10.6. The van der Waals surface area contributed by atoms with E-state index in [0.29, 0.717) is 13.2 Å². The quantitative estimate of drug-likeness (QED) is 0.659. The summed E-state index contributed by atoms with van der Waals surface area (Å²) in [5.41, 5.74) is 0. The zero-order chi connectivity index (χ0) is 12.0. The fourth-order valence-corrected chi connectivity index (χ4v) is 1.03. The minimum Gasteiger partial charge on any atom is -0.466 e. The summed E-state index contributed by atoms with van der Waals surface area (Å²) in [6.45, 7) is 2.41. The van der Waals surface area contributed by atoms with Gasteiger partial charge in [-0.15, -0.1) is 5.10 Å². The van der Waals surface area contributed by atoms with E-state index in [4.69, 9.17) is 4.74 Å². The predicted octanol–water partition coefficient (Wildman–Crippen LogP) is 0.0179. The maximum absolute atomic E-state index is 11.0. The lowest BCUT2D eigenvalue weighted by atomic mass is 10.4. The molecule has 7 heteroatoms. The zero-order valence-corrected chi connectivity index (χ0v) is 9.17. The number of ether oxygens (including phenoxy) is 2. The Morgan fingerprint density at radius 1 is 1.50 bits per heavy atom. The van der Waals surface area contributed by atoms with E-state index in [1.54, 1.807) is 6.92 Å². The Morgan fingerprint density at radius 2 is 2.25 bits per heavy atom. The lowest BCUT2D eigenvalue weighted by Gasteiger charge is -2.00. The minimum atomic E-state index is -0.602. The largest absolute Gasteiger partial charge is 0.466 e. The summed E-state index contributed by atoms with van der Waals surface area (Å²) in [4.78, 5) is 25.8. The van der Waals surface area contributed by atoms with Crippen LogP contribution in [0.5, 0.6) is 0 Å². The van der Waals surface area contributed by atoms with Crippen LogP contribution in [-0.2, 0) is 20.8 Å². The molecule has 0 saturated heterocycles. The number of hydrogen-bond donors (Lipinski definition) is 0. The second kappa shape index (κ2) is 5.84. The average Bonchev–Trinajstić information content (AvgIpc) is 2.74. The number of aryl methyl sites for hydroxylation is 1. The van der Waals surface area contributed by atoms with E-state index in [1.165, 1.54) is 18.1 Å². The number of methoxy groups -OCH3 is 1. The molecule has 1 heterocycles. The molecular weight excluding hydrogens is 214 g/mol. The fourth-order valence-electron chi connectivity index (χ4n) is 1.03. The van der Waals surface area contributed by atoms with Crippen molar-refractivity contribution in [3.05, 3.63) is 12.2 Å². The monoisotopic (exact) mass is 227 g/mol. The van der Waals surface area contributed by atoms with Gasteiger partial charge in [0.05, 0.1) is 26.7 Å². The van der Waals surface area contributed by atoms with Gasteiger partial charge in [0, 0.05) is 0 Å². The van der Waals surface area contributed by atoms with E-state index in [2.05, 4.69) is 14.8 Å². The summed E-state index contributed by atoms with van der Waals surface area (Å²) in [6.07, 6.45) is 1.56. The molecule has 88 valence electrons. The molecule has 0 aliphatic heterocycles. The highest BCUT2D eigenvalue weighted by Gasteiger charge is 2.11. The first-order valence-electron chi connectivity index (χ1n) is 4.80. The SMILES string of the molecule is CCOC(=O)CCn1cnc(C(=O)OC)n1. The van der Waals surface area contributed by atoms with Crippen molar-refractivity contribution in [1.82, 2.24) is 14.8 Å². The van der Waals surface area contributed by atoms with E-state index in [1.807, 2.05) is 0 Å². The normalized spacial score (nSPS) is 9.88. The molecule has 7 nitrogen and oxygen atoms in total. The summed E-state index contributed by atoms with van der Waals surface area (Å²) in [5, 5.41) is 3.84. The van der Waals surface area contributed by atoms with Gasteiger partial charge in [0.25, 0.3) is 5.82 Å². The Kier molecular flexibility index (Phi) is 4.43. The Labute approximate surface area is 92.4 Å². The Bertz CT molecular complexity index is 375. The second-order valence-electron chi connectivity index (χ2n) is 2.88. The summed E-state index contributed by atoms with van der Waals surface area (Å²) in [5.74, 6) is -0.932. The Balaban J connectivity index is 2.46. The maximum atomic E-state index is 11.0. The highest BCUT2D eigenvalue weighted by Crippen LogP contribution is 1.95. The predicted molar refractivity (Wildman–Crippen MR) is 52.6 cm³/mol. The molecule has 0 radical (unpaired) electrons. The van der Waals surface area contributed by atoms with Gasteiger partial charge in [-0.1, -0.05) is 0 Å². The molecule has 0 N–H and O–H groups in total. The van der Waals surface area contributed by atoms with Crippen molar-refractivity contribution in [1.29, 1.82) is 0 Å². The van der Waals surface area contributed by atoms with Crippen LogP contribution in [0.3, 0.4) is 0 Å². The lowest BCUT2D eigenvalue weighted by Crippen LogP contribution is -2.10. The zero-order valence-electron chi connectivity index (χ0n) is 9.17. The van der Waals surface area contributed by atoms with Crippen LogP contribution in [0, 0.1) is 0 Å². The van der Waals surface area contributed by atoms with Gasteiger partial charge in [-0.3, -0.25) is 9.48 Å². The standard InChI is InChI=1S/C9H13N3O4/c1-3-16-7(13)4-5-12-6-10-8(11-12)9(14)15-2/h6H,3-5H2,1-2H3. The van der Waals surface area contributed by atoms with E-state index in [0.717, 1.165) is 0 Å². The van der Waals surface area contributed by atoms with E-state index >= 15 is 0 Å². The third-order valence-corrected chi connectivity index (χ3v) is 1.75. The van der Waals surface area contributed by atoms with Crippen molar-refractivity contribution < 1.29 is 19.1 Å². The number of aromatic nitrogens is 3. The maximum Gasteiger partial charge on any atom is 0.377 e. The molecule has 0 bridgehead atoms. The Morgan fingerprint density at radius 3 is 2.88 bits per heavy atom. The molecule has 1 aromatic rings. The molecule has 0 amide bonds. The first-order chi connectivity index (χ1) is 7.67. The molecule has 0 aliphatic carbocycles. The van der Waals surface area contributed by atoms with Gasteiger partial charge < -0.3 is 9.47 Å². The van der Waals surface area contributed by atoms with Gasteiger partial charge in [-0.25, -0.2) is 9.78 Å². The molecule has 0 aromatic carbocycles. The number of carbonyl (C=O) groups is 2. The van der Waals surface area contributed by atoms with Crippen molar-refractivity contribution in [2.75, 3.05) is 13.7 Å². The first kappa shape index (κ1) is 12.2. The molecule has 0 saturated carbocycles. The summed E-state index contributed by atoms with van der Waals surface area (Å²) in [6, 6.07) is 0. The Hall–Kier alpha value is -1.92. The second-order valence-corrected chi connectivity index (χ2v) is 2.88. The van der Waals surface area contributed by atoms with E-state index in [9.17, 15) is 9.59 Å². The highest BCUT2D eigenvalue weighted by atomic mass is 16.5. The smallest absolute Gasteiger partial charge is 0.377 e. The van der Waals surface area contributed by atoms with Crippen LogP contribution in [0.4, 0.5) is 0 Å². The molecule has 0 fully saturated rings. The number of carbonyl (C=O) groups excluding carboxylic acids is 2. The van der Waals surface area contributed by atoms with E-state index in [-0.39, 0.29) is 18.2 Å². The summed E-state index contributed by atoms with van der Waals surface area (Å²) >= 11 is 0. The molecule has 1 rings (SSSR count). The van der Waals surface area contributed by atoms with Gasteiger partial charge in [0.1, 0.15) is 6.33 Å². The van der Waals surface area contributed by atoms with Crippen molar-refractivity contribution >= 4 is 11.9 Å². The molecule has 0 unspecified atom stereocenters. The lowest BCUT2D eigenvalue weighted by molar-refractivity contribution is -0.143. The van der Waals surface area contributed by atoms with Crippen LogP contribution >= 0.6 is 0 Å². The number of nitrogens with zero attached hydrogens (tertiary/aromatic N) is 3. The van der Waals surface area contributed by atoms with Crippen molar-refractivity contribution in [2.24, 2.45) is 0 Å². The van der Waals surface area contributed by atoms with E-state index < -0.39 is 5.97 Å². The van der Waals surface area contributed by atoms with Gasteiger partial charge in [-0.2, -0.15) is 0 Å². The van der Waals surface area contributed by atoms with Gasteiger partial charge in [-0.05, 0) is 6.92 Å². The minimum absolute atomic E-state index is 0.0219. The molecule has 16 heavy (non-hydrogen) atoms. The number of hydrogen-bond acceptors (Lipinski definition) is 6. The van der Waals surface area contributed by atoms with Crippen LogP contribution in [0.1, 0.15) is 24.0 Å². The van der Waals surface area contributed by atoms with Crippen molar-refractivity contribution in [2.45, 2.75) is 19.9 Å². The molecule has 0 spiro atoms. The van der Waals surface area contributed by atoms with Crippen molar-refractivity contribution in [3.63, 3.8) is 0 Å². The van der Waals surface area contributed by atoms with Crippen LogP contribution in [0.15, 0.2) is 6.33 Å². The molecule has 0 aliphatic rings. The van der Waals surface area contributed by atoms with Crippen LogP contribution in [0.2, 0.25) is 0 Å². The van der Waals surface area contributed by atoms with Gasteiger partial charge in [0.2, 0.25) is 0 Å². The molecule has 1 aromatic heterocycles. The number of esters is 2. The third kappa shape index (κ3) is 3.34. The number of rotatable bonds is 5. The highest BCUT2D eigenvalue weighted by molar-refractivity contribution is 5.84. The first-order valence-corrected chi connectivity index (χ1v) is 4.80. The van der Waals surface area contributed by atoms with Gasteiger partial charge in [0.15, 0.2) is 0 Å². The molecular formula is C9H13N3O4. The summed E-state index contributed by atoms with van der Waals surface area (Å²) in [7, 11) is 1.25. The van der Waals surface area contributed by atoms with Gasteiger partial charge >= 0.3 is 11.9 Å². The topological polar surface area (TPSA) is 83.3 Å². The van der Waals surface area contributed by atoms with Crippen LogP contribution in [0.25, 0.3) is 0 Å². The third-order valence-electron chi connectivity index (χ3n) is 1.75. The van der Waals surface area contributed by atoms with Crippen molar-refractivity contribution in [3.8, 4) is 0 Å². The van der Waals surface area contributed by atoms with Crippen LogP contribution < -0.4 is 0 Å².